The lowest BCUT2D eigenvalue weighted by Gasteiger charge is -2.05. The van der Waals surface area contributed by atoms with E-state index in [0.717, 1.165) is 12.8 Å². The molecule has 0 aliphatic heterocycles. The highest BCUT2D eigenvalue weighted by molar-refractivity contribution is 7.86. The molecule has 0 heterocycles. The Kier molecular flexibility index (Phi) is 13.8. The molecule has 0 saturated carbocycles. The Hall–Kier alpha value is -0.338. The van der Waals surface area contributed by atoms with Gasteiger partial charge in [0.05, 0.1) is 11.5 Å². The molecule has 23 heavy (non-hydrogen) atoms. The van der Waals surface area contributed by atoms with Crippen LogP contribution in [0.1, 0.15) is 71.1 Å². The molecule has 1 aromatic rings. The van der Waals surface area contributed by atoms with Gasteiger partial charge in [0.2, 0.25) is 0 Å². The summed E-state index contributed by atoms with van der Waals surface area (Å²) in [5, 5.41) is 0. The Morgan fingerprint density at radius 3 is 1.78 bits per heavy atom. The van der Waals surface area contributed by atoms with Crippen LogP contribution >= 0.6 is 0 Å². The summed E-state index contributed by atoms with van der Waals surface area (Å²) in [6.07, 6.45) is 12.3. The van der Waals surface area contributed by atoms with Crippen molar-refractivity contribution >= 4 is 27.5 Å². The van der Waals surface area contributed by atoms with Crippen LogP contribution in [0.3, 0.4) is 0 Å². The molecular weight excluding hydrogens is 323 g/mol. The van der Waals surface area contributed by atoms with Gasteiger partial charge in [0.1, 0.15) is 0 Å². The average molecular weight is 353 g/mol. The maximum atomic E-state index is 11.9. The zero-order valence-corrected chi connectivity index (χ0v) is 16.3. The van der Waals surface area contributed by atoms with Crippen molar-refractivity contribution in [1.82, 2.24) is 0 Å². The van der Waals surface area contributed by atoms with Crippen molar-refractivity contribution in [2.75, 3.05) is 6.61 Å². The van der Waals surface area contributed by atoms with E-state index in [4.69, 9.17) is 4.18 Å². The third-order valence-electron chi connectivity index (χ3n) is 3.77. The zero-order chi connectivity index (χ0) is 16.1. The topological polar surface area (TPSA) is 43.4 Å². The van der Waals surface area contributed by atoms with Crippen LogP contribution in [-0.2, 0) is 14.3 Å². The number of unbranched alkanes of at least 4 members (excludes halogenated alkanes) is 9. The molecule has 0 aliphatic rings. The van der Waals surface area contributed by atoms with E-state index < -0.39 is 10.1 Å². The van der Waals surface area contributed by atoms with E-state index in [2.05, 4.69) is 6.92 Å². The van der Waals surface area contributed by atoms with E-state index in [9.17, 15) is 8.42 Å². The normalized spacial score (nSPS) is 11.2. The van der Waals surface area contributed by atoms with Gasteiger partial charge in [-0.2, -0.15) is 8.42 Å². The largest absolute Gasteiger partial charge is 0.296 e. The van der Waals surface area contributed by atoms with E-state index in [1.165, 1.54) is 51.4 Å². The summed E-state index contributed by atoms with van der Waals surface area (Å²) in [4.78, 5) is 0.238. The standard InChI is InChI=1S/C18H30O3S.Al/c1-2-3-4-5-6-7-8-9-10-14-17-21-22(19,20)18-15-12-11-13-16-18;/h11-13,15-16H,2-10,14,17H2,1H3;. The molecule has 0 atom stereocenters. The first kappa shape index (κ1) is 22.7. The van der Waals surface area contributed by atoms with E-state index in [1.54, 1.807) is 30.3 Å². The van der Waals surface area contributed by atoms with Crippen LogP contribution in [-0.4, -0.2) is 32.4 Å². The first-order valence-electron chi connectivity index (χ1n) is 8.61. The summed E-state index contributed by atoms with van der Waals surface area (Å²) in [5.74, 6) is 0. The fraction of sp³-hybridized carbons (Fsp3) is 0.667. The Morgan fingerprint density at radius 1 is 0.783 bits per heavy atom. The summed E-state index contributed by atoms with van der Waals surface area (Å²) in [5.41, 5.74) is 0. The van der Waals surface area contributed by atoms with Crippen molar-refractivity contribution in [2.45, 2.75) is 76.0 Å². The third kappa shape index (κ3) is 10.9. The van der Waals surface area contributed by atoms with E-state index in [-0.39, 0.29) is 28.9 Å². The van der Waals surface area contributed by atoms with Gasteiger partial charge in [-0.3, -0.25) is 4.18 Å². The summed E-state index contributed by atoms with van der Waals surface area (Å²) in [7, 11) is -3.57. The minimum absolute atomic E-state index is 0. The Balaban J connectivity index is 0.00000484. The number of benzene rings is 1. The highest BCUT2D eigenvalue weighted by Gasteiger charge is 2.13. The fourth-order valence-corrected chi connectivity index (χ4v) is 3.38. The molecule has 0 fully saturated rings. The van der Waals surface area contributed by atoms with Crippen molar-refractivity contribution in [3.63, 3.8) is 0 Å². The van der Waals surface area contributed by atoms with Crippen molar-refractivity contribution in [3.8, 4) is 0 Å². The van der Waals surface area contributed by atoms with Crippen molar-refractivity contribution in [1.29, 1.82) is 0 Å². The molecule has 1 aromatic carbocycles. The average Bonchev–Trinajstić information content (AvgIpc) is 2.53. The van der Waals surface area contributed by atoms with Gasteiger partial charge in [-0.1, -0.05) is 82.9 Å². The number of hydrogen-bond donors (Lipinski definition) is 0. The lowest BCUT2D eigenvalue weighted by molar-refractivity contribution is 0.306. The van der Waals surface area contributed by atoms with Gasteiger partial charge in [-0.15, -0.1) is 0 Å². The predicted molar refractivity (Wildman–Crippen MR) is 97.2 cm³/mol. The summed E-state index contributed by atoms with van der Waals surface area (Å²) < 4.78 is 28.8. The number of rotatable bonds is 13. The highest BCUT2D eigenvalue weighted by atomic mass is 32.2. The van der Waals surface area contributed by atoms with Crippen LogP contribution in [0.2, 0.25) is 0 Å². The molecule has 3 radical (unpaired) electrons. The summed E-state index contributed by atoms with van der Waals surface area (Å²) in [6.45, 7) is 2.52. The summed E-state index contributed by atoms with van der Waals surface area (Å²) >= 11 is 0. The first-order valence-corrected chi connectivity index (χ1v) is 10.0. The van der Waals surface area contributed by atoms with E-state index >= 15 is 0 Å². The number of hydrogen-bond acceptors (Lipinski definition) is 3. The molecule has 1 rings (SSSR count). The second-order valence-electron chi connectivity index (χ2n) is 5.77. The van der Waals surface area contributed by atoms with Crippen LogP contribution in [0.4, 0.5) is 0 Å². The molecule has 0 unspecified atom stereocenters. The SMILES string of the molecule is CCCCCCCCCCCCOS(=O)(=O)c1ccccc1.[Al]. The predicted octanol–water partition coefficient (Wildman–Crippen LogP) is 4.93. The van der Waals surface area contributed by atoms with Gasteiger partial charge in [0.25, 0.3) is 10.1 Å². The molecule has 0 bridgehead atoms. The van der Waals surface area contributed by atoms with Crippen LogP contribution in [0.25, 0.3) is 0 Å². The molecule has 129 valence electrons. The van der Waals surface area contributed by atoms with E-state index in [1.807, 2.05) is 0 Å². The van der Waals surface area contributed by atoms with Crippen LogP contribution in [0.5, 0.6) is 0 Å². The molecule has 0 saturated heterocycles. The van der Waals surface area contributed by atoms with Gasteiger partial charge in [-0.05, 0) is 18.6 Å². The van der Waals surface area contributed by atoms with Gasteiger partial charge in [0, 0.05) is 17.4 Å². The Bertz CT molecular complexity index is 474. The highest BCUT2D eigenvalue weighted by Crippen LogP contribution is 2.13. The van der Waals surface area contributed by atoms with Gasteiger partial charge >= 0.3 is 0 Å². The minimum atomic E-state index is -3.57. The van der Waals surface area contributed by atoms with Gasteiger partial charge < -0.3 is 0 Å². The van der Waals surface area contributed by atoms with Crippen molar-refractivity contribution in [2.24, 2.45) is 0 Å². The lowest BCUT2D eigenvalue weighted by Crippen LogP contribution is -2.07. The molecule has 0 amide bonds. The fourth-order valence-electron chi connectivity index (χ4n) is 2.41. The molecule has 0 aliphatic carbocycles. The quantitative estimate of drug-likeness (QED) is 0.287. The second kappa shape index (κ2) is 14.0. The minimum Gasteiger partial charge on any atom is -0.266 e. The van der Waals surface area contributed by atoms with Gasteiger partial charge in [0.15, 0.2) is 0 Å². The lowest BCUT2D eigenvalue weighted by atomic mass is 10.1. The molecule has 0 N–H and O–H groups in total. The summed E-state index contributed by atoms with van der Waals surface area (Å²) in [6, 6.07) is 8.33. The van der Waals surface area contributed by atoms with Crippen LogP contribution < -0.4 is 0 Å². The monoisotopic (exact) mass is 353 g/mol. The van der Waals surface area contributed by atoms with E-state index in [0.29, 0.717) is 0 Å². The second-order valence-corrected chi connectivity index (χ2v) is 7.39. The molecule has 0 aromatic heterocycles. The van der Waals surface area contributed by atoms with Gasteiger partial charge in [-0.25, -0.2) is 0 Å². The maximum absolute atomic E-state index is 11.9. The van der Waals surface area contributed by atoms with Crippen molar-refractivity contribution in [3.05, 3.63) is 30.3 Å². The first-order chi connectivity index (χ1) is 10.7. The Morgan fingerprint density at radius 2 is 1.26 bits per heavy atom. The van der Waals surface area contributed by atoms with Crippen LogP contribution in [0.15, 0.2) is 35.2 Å². The zero-order valence-electron chi connectivity index (χ0n) is 14.4. The molecule has 5 heteroatoms. The smallest absolute Gasteiger partial charge is 0.266 e. The van der Waals surface area contributed by atoms with Crippen LogP contribution in [0, 0.1) is 0 Å². The van der Waals surface area contributed by atoms with Crippen molar-refractivity contribution < 1.29 is 12.6 Å². The third-order valence-corrected chi connectivity index (χ3v) is 5.09. The molecular formula is C18H30AlO3S. The molecule has 0 spiro atoms. The Labute approximate surface area is 153 Å². The maximum Gasteiger partial charge on any atom is 0.296 e. The molecule has 3 nitrogen and oxygen atoms in total.